The lowest BCUT2D eigenvalue weighted by atomic mass is 9.74. The molecule has 0 N–H and O–H groups in total. The molecule has 35 heavy (non-hydrogen) atoms. The molecule has 0 aromatic heterocycles. The predicted octanol–water partition coefficient (Wildman–Crippen LogP) is 5.03. The van der Waals surface area contributed by atoms with Crippen LogP contribution in [0, 0.1) is 0 Å². The topological polar surface area (TPSA) is 66.9 Å². The van der Waals surface area contributed by atoms with E-state index in [9.17, 15) is 14.4 Å². The Morgan fingerprint density at radius 2 is 1.69 bits per heavy atom. The molecule has 0 radical (unpaired) electrons. The standard InChI is InChI=1S/C28H36N2O4Si/c1-20(31)29-23-15-11-10-14-22(23)28(24(29)16-17-34-19-21-12-8-7-9-13-21)18-25(32)30(26(28)33)35(5,6)27(2,3)4/h7-15,24H,16-19H2,1-6H3/t24-,28+/m1/s1. The molecule has 1 spiro atoms. The average molecular weight is 493 g/mol. The summed E-state index contributed by atoms with van der Waals surface area (Å²) in [7, 11) is -2.47. The van der Waals surface area contributed by atoms with Gasteiger partial charge in [0.25, 0.3) is 0 Å². The highest BCUT2D eigenvalue weighted by molar-refractivity contribution is 6.82. The fourth-order valence-corrected chi connectivity index (χ4v) is 7.51. The van der Waals surface area contributed by atoms with Crippen LogP contribution in [0.4, 0.5) is 5.69 Å². The van der Waals surface area contributed by atoms with Crippen molar-refractivity contribution in [3.05, 3.63) is 65.7 Å². The molecule has 2 aromatic rings. The van der Waals surface area contributed by atoms with E-state index in [1.54, 1.807) is 9.47 Å². The van der Waals surface area contributed by atoms with Crippen molar-refractivity contribution >= 4 is 31.6 Å². The summed E-state index contributed by atoms with van der Waals surface area (Å²) in [5, 5.41) is -0.184. The smallest absolute Gasteiger partial charge is 0.234 e. The Morgan fingerprint density at radius 1 is 1.06 bits per heavy atom. The van der Waals surface area contributed by atoms with Crippen molar-refractivity contribution in [2.45, 2.75) is 76.7 Å². The van der Waals surface area contributed by atoms with E-state index in [2.05, 4.69) is 33.9 Å². The van der Waals surface area contributed by atoms with Crippen molar-refractivity contribution in [3.63, 3.8) is 0 Å². The van der Waals surface area contributed by atoms with E-state index in [0.29, 0.717) is 19.6 Å². The van der Waals surface area contributed by atoms with Gasteiger partial charge in [-0.05, 0) is 28.7 Å². The van der Waals surface area contributed by atoms with E-state index in [-0.39, 0.29) is 29.2 Å². The number of anilines is 1. The summed E-state index contributed by atoms with van der Waals surface area (Å²) in [5.41, 5.74) is 1.50. The molecule has 2 aliphatic heterocycles. The van der Waals surface area contributed by atoms with E-state index in [0.717, 1.165) is 16.8 Å². The van der Waals surface area contributed by atoms with Crippen LogP contribution in [0.2, 0.25) is 18.1 Å². The number of amides is 3. The largest absolute Gasteiger partial charge is 0.377 e. The molecule has 186 valence electrons. The van der Waals surface area contributed by atoms with Crippen LogP contribution in [-0.4, -0.2) is 43.2 Å². The first-order valence-corrected chi connectivity index (χ1v) is 15.3. The minimum absolute atomic E-state index is 0.0858. The summed E-state index contributed by atoms with van der Waals surface area (Å²) < 4.78 is 7.59. The quantitative estimate of drug-likeness (QED) is 0.322. The summed E-state index contributed by atoms with van der Waals surface area (Å²) in [6.45, 7) is 12.8. The minimum Gasteiger partial charge on any atom is -0.377 e. The molecule has 2 heterocycles. The van der Waals surface area contributed by atoms with Crippen molar-refractivity contribution in [2.75, 3.05) is 11.5 Å². The maximum Gasteiger partial charge on any atom is 0.234 e. The number of imide groups is 1. The number of rotatable bonds is 6. The molecule has 2 atom stereocenters. The van der Waals surface area contributed by atoms with Gasteiger partial charge < -0.3 is 14.2 Å². The summed E-state index contributed by atoms with van der Waals surface area (Å²) in [6, 6.07) is 17.0. The van der Waals surface area contributed by atoms with E-state index in [4.69, 9.17) is 4.74 Å². The number of hydrogen-bond donors (Lipinski definition) is 0. The molecule has 0 unspecified atom stereocenters. The van der Waals surface area contributed by atoms with Crippen LogP contribution in [0.25, 0.3) is 0 Å². The second-order valence-electron chi connectivity index (χ2n) is 11.2. The molecular weight excluding hydrogens is 456 g/mol. The normalized spacial score (nSPS) is 22.3. The van der Waals surface area contributed by atoms with Gasteiger partial charge in [0.05, 0.1) is 12.6 Å². The van der Waals surface area contributed by atoms with E-state index < -0.39 is 19.7 Å². The van der Waals surface area contributed by atoms with Gasteiger partial charge in [-0.3, -0.25) is 14.4 Å². The number of ether oxygens (including phenoxy) is 1. The van der Waals surface area contributed by atoms with Crippen molar-refractivity contribution in [1.82, 2.24) is 4.57 Å². The van der Waals surface area contributed by atoms with Crippen LogP contribution in [0.1, 0.15) is 51.7 Å². The molecule has 1 saturated heterocycles. The van der Waals surface area contributed by atoms with Gasteiger partial charge >= 0.3 is 0 Å². The summed E-state index contributed by atoms with van der Waals surface area (Å²) >= 11 is 0. The summed E-state index contributed by atoms with van der Waals surface area (Å²) in [5.74, 6) is -0.413. The number of carbonyl (C=O) groups excluding carboxylic acids is 3. The van der Waals surface area contributed by atoms with Crippen LogP contribution in [0.5, 0.6) is 0 Å². The van der Waals surface area contributed by atoms with Crippen molar-refractivity contribution in [3.8, 4) is 0 Å². The first kappa shape index (κ1) is 25.3. The third-order valence-corrected chi connectivity index (χ3v) is 13.4. The molecule has 6 nitrogen and oxygen atoms in total. The van der Waals surface area contributed by atoms with E-state index in [1.807, 2.05) is 54.6 Å². The van der Waals surface area contributed by atoms with Gasteiger partial charge in [0.1, 0.15) is 5.41 Å². The van der Waals surface area contributed by atoms with Crippen LogP contribution in [-0.2, 0) is 31.1 Å². The Hall–Kier alpha value is -2.77. The minimum atomic E-state index is -2.47. The maximum atomic E-state index is 14.4. The predicted molar refractivity (Wildman–Crippen MR) is 139 cm³/mol. The maximum absolute atomic E-state index is 14.4. The lowest BCUT2D eigenvalue weighted by Crippen LogP contribution is -2.60. The average Bonchev–Trinajstić information content (AvgIpc) is 3.22. The summed E-state index contributed by atoms with van der Waals surface area (Å²) in [6.07, 6.45) is 0.550. The molecule has 3 amide bonds. The molecule has 7 heteroatoms. The van der Waals surface area contributed by atoms with E-state index >= 15 is 0 Å². The summed E-state index contributed by atoms with van der Waals surface area (Å²) in [4.78, 5) is 42.6. The monoisotopic (exact) mass is 492 g/mol. The van der Waals surface area contributed by atoms with Gasteiger partial charge in [0.2, 0.25) is 17.7 Å². The van der Waals surface area contributed by atoms with Crippen LogP contribution >= 0.6 is 0 Å². The molecule has 2 aromatic carbocycles. The Kier molecular flexibility index (Phi) is 6.53. The Labute approximate surface area is 209 Å². The van der Waals surface area contributed by atoms with Gasteiger partial charge in [0.15, 0.2) is 8.24 Å². The Morgan fingerprint density at radius 3 is 2.31 bits per heavy atom. The number of carbonyl (C=O) groups is 3. The van der Waals surface area contributed by atoms with Gasteiger partial charge in [-0.1, -0.05) is 82.4 Å². The highest BCUT2D eigenvalue weighted by Crippen LogP contribution is 2.55. The van der Waals surface area contributed by atoms with Gasteiger partial charge in [-0.15, -0.1) is 0 Å². The Balaban J connectivity index is 1.71. The van der Waals surface area contributed by atoms with E-state index in [1.165, 1.54) is 6.92 Å². The van der Waals surface area contributed by atoms with Crippen molar-refractivity contribution < 1.29 is 19.1 Å². The van der Waals surface area contributed by atoms with Gasteiger partial charge in [0, 0.05) is 25.6 Å². The lowest BCUT2D eigenvalue weighted by molar-refractivity contribution is -0.135. The third-order valence-electron chi connectivity index (χ3n) is 8.17. The first-order valence-electron chi connectivity index (χ1n) is 12.3. The van der Waals surface area contributed by atoms with Crippen molar-refractivity contribution in [1.29, 1.82) is 0 Å². The second-order valence-corrected chi connectivity index (χ2v) is 16.3. The highest BCUT2D eigenvalue weighted by atomic mass is 28.3. The van der Waals surface area contributed by atoms with Crippen LogP contribution in [0.15, 0.2) is 54.6 Å². The number of nitrogens with zero attached hydrogens (tertiary/aromatic N) is 2. The second kappa shape index (κ2) is 9.02. The third kappa shape index (κ3) is 4.04. The molecule has 1 fully saturated rings. The van der Waals surface area contributed by atoms with Gasteiger partial charge in [-0.25, -0.2) is 0 Å². The fourth-order valence-electron chi connectivity index (χ4n) is 5.43. The fraction of sp³-hybridized carbons (Fsp3) is 0.464. The highest BCUT2D eigenvalue weighted by Gasteiger charge is 2.66. The molecule has 0 aliphatic carbocycles. The molecule has 0 saturated carbocycles. The number of fused-ring (bicyclic) bond motifs is 2. The zero-order valence-corrected chi connectivity index (χ0v) is 22.6. The molecular formula is C28H36N2O4Si. The number of hydrogen-bond acceptors (Lipinski definition) is 4. The first-order chi connectivity index (χ1) is 16.4. The molecule has 2 aliphatic rings. The lowest BCUT2D eigenvalue weighted by Gasteiger charge is -2.43. The number of benzene rings is 2. The van der Waals surface area contributed by atoms with Crippen LogP contribution in [0.3, 0.4) is 0 Å². The van der Waals surface area contributed by atoms with Crippen molar-refractivity contribution in [2.24, 2.45) is 0 Å². The Bertz CT molecular complexity index is 1140. The zero-order chi connectivity index (χ0) is 25.6. The van der Waals surface area contributed by atoms with Crippen LogP contribution < -0.4 is 4.90 Å². The van der Waals surface area contributed by atoms with Gasteiger partial charge in [-0.2, -0.15) is 0 Å². The SMILES string of the molecule is CC(=O)N1c2ccccc2[C@@]2(CC(=O)N([Si](C)(C)C(C)(C)C)C2=O)[C@H]1CCOCc1ccccc1. The molecule has 4 rings (SSSR count). The number of para-hydroxylation sites is 1. The zero-order valence-electron chi connectivity index (χ0n) is 21.6. The molecule has 0 bridgehead atoms.